The Kier molecular flexibility index (Phi) is 5.99. The monoisotopic (exact) mass is 356 g/mol. The van der Waals surface area contributed by atoms with E-state index in [0.717, 1.165) is 24.8 Å². The van der Waals surface area contributed by atoms with Crippen LogP contribution in [-0.2, 0) is 6.42 Å². The zero-order chi connectivity index (χ0) is 18.4. The molecular formula is C19H24N4O3. The molecule has 3 heterocycles. The van der Waals surface area contributed by atoms with Crippen LogP contribution in [0.1, 0.15) is 42.6 Å². The van der Waals surface area contributed by atoms with Gasteiger partial charge in [0.1, 0.15) is 11.7 Å². The predicted octanol–water partition coefficient (Wildman–Crippen LogP) is 2.52. The van der Waals surface area contributed by atoms with Crippen LogP contribution in [0, 0.1) is 0 Å². The molecule has 1 saturated heterocycles. The summed E-state index contributed by atoms with van der Waals surface area (Å²) < 4.78 is 11.4. The summed E-state index contributed by atoms with van der Waals surface area (Å²) >= 11 is 0. The third-order valence-corrected chi connectivity index (χ3v) is 4.31. The van der Waals surface area contributed by atoms with Crippen LogP contribution in [-0.4, -0.2) is 51.6 Å². The van der Waals surface area contributed by atoms with Crippen LogP contribution in [0.15, 0.2) is 30.7 Å². The molecule has 7 heteroatoms. The van der Waals surface area contributed by atoms with Crippen molar-refractivity contribution < 1.29 is 14.3 Å². The number of aryl methyl sites for hydroxylation is 1. The summed E-state index contributed by atoms with van der Waals surface area (Å²) in [7, 11) is 0. The van der Waals surface area contributed by atoms with Crippen molar-refractivity contribution in [2.45, 2.75) is 39.2 Å². The number of likely N-dealkylation sites (tertiary alicyclic amines) is 1. The van der Waals surface area contributed by atoms with Crippen LogP contribution in [0.4, 0.5) is 0 Å². The lowest BCUT2D eigenvalue weighted by Crippen LogP contribution is -2.44. The number of piperidine rings is 1. The first-order chi connectivity index (χ1) is 12.7. The fourth-order valence-corrected chi connectivity index (χ4v) is 2.93. The minimum absolute atomic E-state index is 0.0860. The smallest absolute Gasteiger partial charge is 0.316 e. The Morgan fingerprint density at radius 2 is 2.08 bits per heavy atom. The molecule has 1 fully saturated rings. The Bertz CT molecular complexity index is 736. The van der Waals surface area contributed by atoms with Gasteiger partial charge in [-0.25, -0.2) is 15.0 Å². The van der Waals surface area contributed by atoms with E-state index in [0.29, 0.717) is 37.2 Å². The van der Waals surface area contributed by atoms with E-state index in [-0.39, 0.29) is 12.0 Å². The van der Waals surface area contributed by atoms with Gasteiger partial charge in [-0.05, 0) is 43.9 Å². The molecule has 0 aliphatic carbocycles. The van der Waals surface area contributed by atoms with Crippen molar-refractivity contribution in [1.82, 2.24) is 19.9 Å². The molecule has 3 rings (SSSR count). The molecular weight excluding hydrogens is 332 g/mol. The second-order valence-electron chi connectivity index (χ2n) is 6.15. The van der Waals surface area contributed by atoms with Gasteiger partial charge >= 0.3 is 6.01 Å². The third-order valence-electron chi connectivity index (χ3n) is 4.31. The van der Waals surface area contributed by atoms with Crippen molar-refractivity contribution in [3.8, 4) is 11.9 Å². The normalized spacial score (nSPS) is 17.0. The van der Waals surface area contributed by atoms with Crippen molar-refractivity contribution in [3.05, 3.63) is 41.9 Å². The SMILES string of the molecule is CCOc1ncccc1C(=O)N1CCCC(Oc2ncc(CC)cn2)C1. The third kappa shape index (κ3) is 4.28. The Morgan fingerprint density at radius 1 is 1.27 bits per heavy atom. The maximum absolute atomic E-state index is 12.9. The molecule has 26 heavy (non-hydrogen) atoms. The average molecular weight is 356 g/mol. The van der Waals surface area contributed by atoms with E-state index in [2.05, 4.69) is 21.9 Å². The maximum Gasteiger partial charge on any atom is 0.316 e. The van der Waals surface area contributed by atoms with Gasteiger partial charge in [0, 0.05) is 25.1 Å². The van der Waals surface area contributed by atoms with Crippen LogP contribution in [0.25, 0.3) is 0 Å². The zero-order valence-corrected chi connectivity index (χ0v) is 15.2. The van der Waals surface area contributed by atoms with Crippen molar-refractivity contribution in [2.75, 3.05) is 19.7 Å². The second-order valence-corrected chi connectivity index (χ2v) is 6.15. The topological polar surface area (TPSA) is 77.4 Å². The Morgan fingerprint density at radius 3 is 2.81 bits per heavy atom. The largest absolute Gasteiger partial charge is 0.477 e. The number of hydrogen-bond donors (Lipinski definition) is 0. The number of hydrogen-bond acceptors (Lipinski definition) is 6. The molecule has 0 aromatic carbocycles. The van der Waals surface area contributed by atoms with Gasteiger partial charge in [0.25, 0.3) is 5.91 Å². The summed E-state index contributed by atoms with van der Waals surface area (Å²) in [5, 5.41) is 0. The molecule has 138 valence electrons. The number of nitrogens with zero attached hydrogens (tertiary/aromatic N) is 4. The molecule has 1 aliphatic heterocycles. The molecule has 2 aromatic heterocycles. The van der Waals surface area contributed by atoms with Crippen LogP contribution < -0.4 is 9.47 Å². The van der Waals surface area contributed by atoms with Gasteiger partial charge in [-0.15, -0.1) is 0 Å². The number of ether oxygens (including phenoxy) is 2. The number of rotatable bonds is 6. The maximum atomic E-state index is 12.9. The quantitative estimate of drug-likeness (QED) is 0.791. The molecule has 7 nitrogen and oxygen atoms in total. The van der Waals surface area contributed by atoms with Crippen LogP contribution in [0.3, 0.4) is 0 Å². The van der Waals surface area contributed by atoms with E-state index in [1.807, 2.05) is 6.92 Å². The van der Waals surface area contributed by atoms with Gasteiger partial charge in [0.2, 0.25) is 5.88 Å². The lowest BCUT2D eigenvalue weighted by Gasteiger charge is -2.32. The molecule has 0 saturated carbocycles. The summed E-state index contributed by atoms with van der Waals surface area (Å²) in [6.45, 7) is 5.58. The van der Waals surface area contributed by atoms with E-state index < -0.39 is 0 Å². The first-order valence-corrected chi connectivity index (χ1v) is 9.06. The first-order valence-electron chi connectivity index (χ1n) is 9.06. The summed E-state index contributed by atoms with van der Waals surface area (Å²) in [5.41, 5.74) is 1.55. The Labute approximate surface area is 153 Å². The summed E-state index contributed by atoms with van der Waals surface area (Å²) in [6, 6.07) is 3.85. The van der Waals surface area contributed by atoms with Gasteiger partial charge in [0.15, 0.2) is 0 Å². The standard InChI is InChI=1S/C19H24N4O3/c1-3-14-11-21-19(22-12-14)26-15-7-6-10-23(13-15)18(24)16-8-5-9-20-17(16)25-4-2/h5,8-9,11-12,15H,3-4,6-7,10,13H2,1-2H3. The lowest BCUT2D eigenvalue weighted by molar-refractivity contribution is 0.0511. The minimum atomic E-state index is -0.118. The molecule has 0 radical (unpaired) electrons. The van der Waals surface area contributed by atoms with E-state index in [4.69, 9.17) is 9.47 Å². The molecule has 1 atom stereocenters. The van der Waals surface area contributed by atoms with E-state index in [1.165, 1.54) is 0 Å². The molecule has 0 spiro atoms. The summed E-state index contributed by atoms with van der Waals surface area (Å²) in [6.07, 6.45) is 7.69. The fraction of sp³-hybridized carbons (Fsp3) is 0.474. The van der Waals surface area contributed by atoms with Crippen molar-refractivity contribution in [1.29, 1.82) is 0 Å². The summed E-state index contributed by atoms with van der Waals surface area (Å²) in [5.74, 6) is 0.290. The summed E-state index contributed by atoms with van der Waals surface area (Å²) in [4.78, 5) is 27.3. The van der Waals surface area contributed by atoms with Gasteiger partial charge in [0.05, 0.1) is 13.2 Å². The van der Waals surface area contributed by atoms with Gasteiger partial charge in [-0.3, -0.25) is 4.79 Å². The predicted molar refractivity (Wildman–Crippen MR) is 96.4 cm³/mol. The highest BCUT2D eigenvalue weighted by molar-refractivity contribution is 5.96. The second kappa shape index (κ2) is 8.60. The Hall–Kier alpha value is -2.70. The van der Waals surface area contributed by atoms with E-state index >= 15 is 0 Å². The van der Waals surface area contributed by atoms with Crippen molar-refractivity contribution in [3.63, 3.8) is 0 Å². The lowest BCUT2D eigenvalue weighted by atomic mass is 10.1. The first kappa shape index (κ1) is 18.1. The highest BCUT2D eigenvalue weighted by Gasteiger charge is 2.28. The number of amides is 1. The van der Waals surface area contributed by atoms with Crippen molar-refractivity contribution >= 4 is 5.91 Å². The number of pyridine rings is 1. The van der Waals surface area contributed by atoms with Crippen LogP contribution in [0.2, 0.25) is 0 Å². The fourth-order valence-electron chi connectivity index (χ4n) is 2.93. The highest BCUT2D eigenvalue weighted by atomic mass is 16.5. The molecule has 0 bridgehead atoms. The molecule has 2 aromatic rings. The molecule has 0 N–H and O–H groups in total. The highest BCUT2D eigenvalue weighted by Crippen LogP contribution is 2.21. The number of carbonyl (C=O) groups excluding carboxylic acids is 1. The van der Waals surface area contributed by atoms with E-state index in [1.54, 1.807) is 35.6 Å². The minimum Gasteiger partial charge on any atom is -0.477 e. The number of carbonyl (C=O) groups is 1. The van der Waals surface area contributed by atoms with E-state index in [9.17, 15) is 4.79 Å². The van der Waals surface area contributed by atoms with Crippen LogP contribution in [0.5, 0.6) is 11.9 Å². The zero-order valence-electron chi connectivity index (χ0n) is 15.2. The molecule has 1 aliphatic rings. The molecule has 1 unspecified atom stereocenters. The van der Waals surface area contributed by atoms with Crippen molar-refractivity contribution in [2.24, 2.45) is 0 Å². The average Bonchev–Trinajstić information content (AvgIpc) is 2.69. The van der Waals surface area contributed by atoms with Crippen LogP contribution >= 0.6 is 0 Å². The van der Waals surface area contributed by atoms with Gasteiger partial charge < -0.3 is 14.4 Å². The number of aromatic nitrogens is 3. The van der Waals surface area contributed by atoms with Gasteiger partial charge in [-0.2, -0.15) is 0 Å². The van der Waals surface area contributed by atoms with Gasteiger partial charge in [-0.1, -0.05) is 6.92 Å². The molecule has 1 amide bonds. The Balaban J connectivity index is 1.67.